The number of primary amides is 1. The second-order valence-corrected chi connectivity index (χ2v) is 6.78. The quantitative estimate of drug-likeness (QED) is 0.719. The Morgan fingerprint density at radius 3 is 2.56 bits per heavy atom. The number of carboxylic acid groups (broad SMARTS) is 1. The fraction of sp³-hybridized carbons (Fsp3) is 0.250. The van der Waals surface area contributed by atoms with Gasteiger partial charge in [0.05, 0.1) is 5.69 Å². The molecular formula is C16H16N4O4S. The first kappa shape index (κ1) is 17.0. The summed E-state index contributed by atoms with van der Waals surface area (Å²) in [6.45, 7) is 0. The van der Waals surface area contributed by atoms with Crippen molar-refractivity contribution < 1.29 is 19.5 Å². The van der Waals surface area contributed by atoms with Gasteiger partial charge in [0.15, 0.2) is 5.69 Å². The van der Waals surface area contributed by atoms with Gasteiger partial charge in [0.2, 0.25) is 0 Å². The predicted molar refractivity (Wildman–Crippen MR) is 91.9 cm³/mol. The summed E-state index contributed by atoms with van der Waals surface area (Å²) in [4.78, 5) is 35.8. The summed E-state index contributed by atoms with van der Waals surface area (Å²) in [5.74, 6) is -1.53. The van der Waals surface area contributed by atoms with Crippen LogP contribution in [-0.4, -0.2) is 49.7 Å². The molecule has 25 heavy (non-hydrogen) atoms. The Kier molecular flexibility index (Phi) is 4.49. The van der Waals surface area contributed by atoms with Gasteiger partial charge >= 0.3 is 5.97 Å². The number of carbonyl (C=O) groups excluding carboxylic acids is 2. The number of nitrogens with one attached hydrogen (secondary N) is 1. The minimum absolute atomic E-state index is 0.0431. The molecular weight excluding hydrogens is 344 g/mol. The highest BCUT2D eigenvalue weighted by molar-refractivity contribution is 7.99. The highest BCUT2D eigenvalue weighted by Gasteiger charge is 2.43. The van der Waals surface area contributed by atoms with E-state index in [0.29, 0.717) is 17.9 Å². The monoisotopic (exact) mass is 360 g/mol. The Morgan fingerprint density at radius 2 is 2.00 bits per heavy atom. The number of benzene rings is 1. The molecule has 1 unspecified atom stereocenters. The van der Waals surface area contributed by atoms with Gasteiger partial charge in [-0.2, -0.15) is 16.9 Å². The molecule has 3 rings (SSSR count). The third-order valence-corrected chi connectivity index (χ3v) is 5.17. The number of aromatic nitrogens is 2. The number of carboxylic acids is 1. The second kappa shape index (κ2) is 6.60. The maximum Gasteiger partial charge on any atom is 0.330 e. The van der Waals surface area contributed by atoms with E-state index in [-0.39, 0.29) is 17.1 Å². The number of hydrogen-bond donors (Lipinski definition) is 3. The van der Waals surface area contributed by atoms with Crippen LogP contribution in [0, 0.1) is 0 Å². The van der Waals surface area contributed by atoms with E-state index >= 15 is 0 Å². The summed E-state index contributed by atoms with van der Waals surface area (Å²) < 4.78 is 1.27. The number of thioether (sulfide) groups is 1. The van der Waals surface area contributed by atoms with E-state index in [4.69, 9.17) is 5.73 Å². The Hall–Kier alpha value is -2.81. The SMILES string of the molecule is NC(=O)c1cc(C(=O)NC2(C(=O)O)CCSC2)nn1-c1ccccc1. The molecule has 1 aromatic carbocycles. The lowest BCUT2D eigenvalue weighted by molar-refractivity contribution is -0.143. The van der Waals surface area contributed by atoms with Gasteiger partial charge in [-0.25, -0.2) is 9.48 Å². The molecule has 1 aliphatic heterocycles. The minimum Gasteiger partial charge on any atom is -0.479 e. The van der Waals surface area contributed by atoms with Crippen molar-refractivity contribution in [1.82, 2.24) is 15.1 Å². The van der Waals surface area contributed by atoms with Gasteiger partial charge in [-0.1, -0.05) is 18.2 Å². The van der Waals surface area contributed by atoms with Crippen LogP contribution in [0.3, 0.4) is 0 Å². The van der Waals surface area contributed by atoms with E-state index in [1.165, 1.54) is 22.5 Å². The zero-order chi connectivity index (χ0) is 18.0. The molecule has 4 N–H and O–H groups in total. The van der Waals surface area contributed by atoms with Crippen LogP contribution in [0.5, 0.6) is 0 Å². The van der Waals surface area contributed by atoms with Crippen LogP contribution in [0.4, 0.5) is 0 Å². The zero-order valence-corrected chi connectivity index (χ0v) is 14.0. The molecule has 1 aromatic heterocycles. The van der Waals surface area contributed by atoms with Crippen molar-refractivity contribution in [2.24, 2.45) is 5.73 Å². The summed E-state index contributed by atoms with van der Waals surface area (Å²) in [5.41, 5.74) is 4.61. The van der Waals surface area contributed by atoms with Crippen LogP contribution < -0.4 is 11.1 Å². The molecule has 0 spiro atoms. The molecule has 0 aliphatic carbocycles. The van der Waals surface area contributed by atoms with E-state index in [1.807, 2.05) is 0 Å². The fourth-order valence-electron chi connectivity index (χ4n) is 2.60. The van der Waals surface area contributed by atoms with E-state index in [1.54, 1.807) is 30.3 Å². The minimum atomic E-state index is -1.31. The molecule has 1 aliphatic rings. The van der Waals surface area contributed by atoms with Gasteiger partial charge in [0.1, 0.15) is 11.2 Å². The molecule has 0 radical (unpaired) electrons. The van der Waals surface area contributed by atoms with Crippen LogP contribution in [-0.2, 0) is 4.79 Å². The number of carbonyl (C=O) groups is 3. The first-order valence-electron chi connectivity index (χ1n) is 7.52. The Labute approximate surface area is 147 Å². The number of para-hydroxylation sites is 1. The molecule has 2 amide bonds. The van der Waals surface area contributed by atoms with Gasteiger partial charge in [-0.15, -0.1) is 0 Å². The smallest absolute Gasteiger partial charge is 0.330 e. The van der Waals surface area contributed by atoms with Crippen molar-refractivity contribution >= 4 is 29.5 Å². The second-order valence-electron chi connectivity index (χ2n) is 5.67. The van der Waals surface area contributed by atoms with Crippen molar-refractivity contribution in [3.8, 4) is 5.69 Å². The normalized spacial score (nSPS) is 19.5. The van der Waals surface area contributed by atoms with Crippen LogP contribution in [0.1, 0.15) is 27.4 Å². The standard InChI is InChI=1S/C16H16N4O4S/c17-13(21)12-8-11(19-20(12)10-4-2-1-3-5-10)14(22)18-16(15(23)24)6-7-25-9-16/h1-5,8H,6-7,9H2,(H2,17,21)(H,18,22)(H,23,24). The lowest BCUT2D eigenvalue weighted by Crippen LogP contribution is -2.54. The predicted octanol–water partition coefficient (Wildman–Crippen LogP) is 0.661. The average molecular weight is 360 g/mol. The van der Waals surface area contributed by atoms with Crippen LogP contribution in [0.2, 0.25) is 0 Å². The summed E-state index contributed by atoms with van der Waals surface area (Å²) in [6.07, 6.45) is 0.334. The number of nitrogens with two attached hydrogens (primary N) is 1. The van der Waals surface area contributed by atoms with Gasteiger partial charge in [-0.3, -0.25) is 9.59 Å². The first-order chi connectivity index (χ1) is 11.9. The Bertz CT molecular complexity index is 828. The van der Waals surface area contributed by atoms with Crippen LogP contribution in [0.25, 0.3) is 5.69 Å². The van der Waals surface area contributed by atoms with E-state index < -0.39 is 23.3 Å². The molecule has 0 saturated carbocycles. The summed E-state index contributed by atoms with van der Waals surface area (Å²) >= 11 is 1.46. The Morgan fingerprint density at radius 1 is 1.28 bits per heavy atom. The summed E-state index contributed by atoms with van der Waals surface area (Å²) in [6, 6.07) is 10.0. The van der Waals surface area contributed by atoms with Crippen LogP contribution in [0.15, 0.2) is 36.4 Å². The highest BCUT2D eigenvalue weighted by atomic mass is 32.2. The van der Waals surface area contributed by atoms with E-state index in [9.17, 15) is 19.5 Å². The molecule has 0 bridgehead atoms. The molecule has 1 atom stereocenters. The third kappa shape index (κ3) is 3.22. The lowest BCUT2D eigenvalue weighted by atomic mass is 9.99. The lowest BCUT2D eigenvalue weighted by Gasteiger charge is -2.23. The number of aliphatic carboxylic acids is 1. The zero-order valence-electron chi connectivity index (χ0n) is 13.1. The maximum absolute atomic E-state index is 12.5. The first-order valence-corrected chi connectivity index (χ1v) is 8.67. The summed E-state index contributed by atoms with van der Waals surface area (Å²) in [5, 5.41) is 16.1. The van der Waals surface area contributed by atoms with Gasteiger partial charge in [-0.05, 0) is 24.3 Å². The van der Waals surface area contributed by atoms with Crippen molar-refractivity contribution in [3.05, 3.63) is 47.8 Å². The third-order valence-electron chi connectivity index (χ3n) is 3.98. The van der Waals surface area contributed by atoms with Gasteiger partial charge < -0.3 is 16.2 Å². The highest BCUT2D eigenvalue weighted by Crippen LogP contribution is 2.28. The molecule has 1 fully saturated rings. The molecule has 1 saturated heterocycles. The van der Waals surface area contributed by atoms with Crippen molar-refractivity contribution in [3.63, 3.8) is 0 Å². The molecule has 2 heterocycles. The number of hydrogen-bond acceptors (Lipinski definition) is 5. The fourth-order valence-corrected chi connectivity index (χ4v) is 3.93. The maximum atomic E-state index is 12.5. The molecule has 8 nitrogen and oxygen atoms in total. The van der Waals surface area contributed by atoms with Gasteiger partial charge in [0, 0.05) is 11.8 Å². The number of nitrogens with zero attached hydrogens (tertiary/aromatic N) is 2. The topological polar surface area (TPSA) is 127 Å². The molecule has 2 aromatic rings. The van der Waals surface area contributed by atoms with E-state index in [2.05, 4.69) is 10.4 Å². The number of amides is 2. The number of rotatable bonds is 5. The molecule has 130 valence electrons. The van der Waals surface area contributed by atoms with Crippen molar-refractivity contribution in [2.45, 2.75) is 12.0 Å². The largest absolute Gasteiger partial charge is 0.479 e. The van der Waals surface area contributed by atoms with Crippen molar-refractivity contribution in [2.75, 3.05) is 11.5 Å². The Balaban J connectivity index is 1.94. The van der Waals surface area contributed by atoms with Crippen LogP contribution >= 0.6 is 11.8 Å². The molecule has 9 heteroatoms. The average Bonchev–Trinajstić information content (AvgIpc) is 3.23. The van der Waals surface area contributed by atoms with Crippen molar-refractivity contribution in [1.29, 1.82) is 0 Å². The van der Waals surface area contributed by atoms with Gasteiger partial charge in [0.25, 0.3) is 11.8 Å². The summed E-state index contributed by atoms with van der Waals surface area (Å²) in [7, 11) is 0. The van der Waals surface area contributed by atoms with E-state index in [0.717, 1.165) is 0 Å².